The minimum absolute atomic E-state index is 0.127. The Bertz CT molecular complexity index is 191. The van der Waals surface area contributed by atoms with E-state index in [1.807, 2.05) is 0 Å². The highest BCUT2D eigenvalue weighted by Crippen LogP contribution is 1.97. The van der Waals surface area contributed by atoms with Crippen molar-refractivity contribution in [2.75, 3.05) is 40.3 Å². The van der Waals surface area contributed by atoms with Crippen LogP contribution in [0.5, 0.6) is 0 Å². The Morgan fingerprint density at radius 2 is 2.14 bits per heavy atom. The lowest BCUT2D eigenvalue weighted by molar-refractivity contribution is -0.890. The van der Waals surface area contributed by atoms with Gasteiger partial charge in [0.1, 0.15) is 6.54 Å². The quantitative estimate of drug-likeness (QED) is 0.339. The first-order valence-electron chi connectivity index (χ1n) is 4.85. The Hall–Kier alpha value is -0.870. The average molecular weight is 201 g/mol. The van der Waals surface area contributed by atoms with Gasteiger partial charge in [0, 0.05) is 13.0 Å². The van der Waals surface area contributed by atoms with Crippen LogP contribution in [0.25, 0.3) is 0 Å². The van der Waals surface area contributed by atoms with Gasteiger partial charge in [-0.2, -0.15) is 0 Å². The predicted octanol–water partition coefficient (Wildman–Crippen LogP) is -0.253. The fourth-order valence-electron chi connectivity index (χ4n) is 1.17. The van der Waals surface area contributed by atoms with Crippen LogP contribution in [0.2, 0.25) is 0 Å². The highest BCUT2D eigenvalue weighted by atomic mass is 16.3. The predicted molar refractivity (Wildman–Crippen MR) is 56.8 cm³/mol. The standard InChI is InChI=1S/C10H20N2O2/c1-4-10(14)11-6-5-7-12(2,3)8-9-13/h4,13H,1,5-9H2,2-3H3/p+1. The van der Waals surface area contributed by atoms with E-state index >= 15 is 0 Å². The molecule has 0 aliphatic heterocycles. The third kappa shape index (κ3) is 6.62. The molecule has 2 N–H and O–H groups in total. The lowest BCUT2D eigenvalue weighted by atomic mass is 10.3. The van der Waals surface area contributed by atoms with Crippen LogP contribution >= 0.6 is 0 Å². The molecule has 14 heavy (non-hydrogen) atoms. The number of amides is 1. The number of hydrogen-bond donors (Lipinski definition) is 2. The van der Waals surface area contributed by atoms with Crippen LogP contribution in [0.1, 0.15) is 6.42 Å². The fourth-order valence-corrected chi connectivity index (χ4v) is 1.17. The van der Waals surface area contributed by atoms with Crippen molar-refractivity contribution in [1.82, 2.24) is 5.32 Å². The zero-order chi connectivity index (χ0) is 11.0. The summed E-state index contributed by atoms with van der Waals surface area (Å²) in [5, 5.41) is 11.5. The number of carbonyl (C=O) groups is 1. The lowest BCUT2D eigenvalue weighted by Crippen LogP contribution is -2.43. The van der Waals surface area contributed by atoms with Crippen molar-refractivity contribution < 1.29 is 14.4 Å². The van der Waals surface area contributed by atoms with Crippen LogP contribution in [-0.4, -0.2) is 55.8 Å². The average Bonchev–Trinajstić information content (AvgIpc) is 2.12. The summed E-state index contributed by atoms with van der Waals surface area (Å²) in [6, 6.07) is 0. The maximum Gasteiger partial charge on any atom is 0.243 e. The molecule has 82 valence electrons. The van der Waals surface area contributed by atoms with Gasteiger partial charge in [0.2, 0.25) is 5.91 Å². The molecule has 0 aromatic rings. The van der Waals surface area contributed by atoms with E-state index in [0.29, 0.717) is 6.54 Å². The number of carbonyl (C=O) groups excluding carboxylic acids is 1. The van der Waals surface area contributed by atoms with Gasteiger partial charge in [-0.1, -0.05) is 6.58 Å². The highest BCUT2D eigenvalue weighted by molar-refractivity contribution is 5.86. The van der Waals surface area contributed by atoms with E-state index in [1.165, 1.54) is 6.08 Å². The summed E-state index contributed by atoms with van der Waals surface area (Å²) in [5.41, 5.74) is 0. The third-order valence-corrected chi connectivity index (χ3v) is 2.13. The topological polar surface area (TPSA) is 49.3 Å². The fraction of sp³-hybridized carbons (Fsp3) is 0.700. The second-order valence-electron chi connectivity index (χ2n) is 3.96. The van der Waals surface area contributed by atoms with Gasteiger partial charge >= 0.3 is 0 Å². The van der Waals surface area contributed by atoms with Gasteiger partial charge in [0.25, 0.3) is 0 Å². The summed E-state index contributed by atoms with van der Waals surface area (Å²) in [6.07, 6.45) is 2.18. The van der Waals surface area contributed by atoms with Crippen LogP contribution in [-0.2, 0) is 4.79 Å². The second kappa shape index (κ2) is 6.56. The number of aliphatic hydroxyl groups is 1. The molecule has 0 atom stereocenters. The summed E-state index contributed by atoms with van der Waals surface area (Å²) in [6.45, 7) is 5.92. The van der Waals surface area contributed by atoms with Gasteiger partial charge in [-0.3, -0.25) is 4.79 Å². The van der Waals surface area contributed by atoms with Gasteiger partial charge in [-0.15, -0.1) is 0 Å². The maximum absolute atomic E-state index is 10.8. The van der Waals surface area contributed by atoms with Crippen molar-refractivity contribution in [1.29, 1.82) is 0 Å². The molecule has 0 saturated carbocycles. The van der Waals surface area contributed by atoms with E-state index in [1.54, 1.807) is 0 Å². The Kier molecular flexibility index (Phi) is 6.16. The molecule has 0 radical (unpaired) electrons. The smallest absolute Gasteiger partial charge is 0.243 e. The van der Waals surface area contributed by atoms with E-state index in [-0.39, 0.29) is 12.5 Å². The second-order valence-corrected chi connectivity index (χ2v) is 3.96. The Morgan fingerprint density at radius 3 is 2.64 bits per heavy atom. The van der Waals surface area contributed by atoms with E-state index in [2.05, 4.69) is 26.0 Å². The number of aliphatic hydroxyl groups excluding tert-OH is 1. The largest absolute Gasteiger partial charge is 0.391 e. The van der Waals surface area contributed by atoms with Crippen molar-refractivity contribution in [2.24, 2.45) is 0 Å². The van der Waals surface area contributed by atoms with E-state index in [0.717, 1.165) is 24.0 Å². The Balaban J connectivity index is 3.53. The van der Waals surface area contributed by atoms with Gasteiger partial charge in [0.05, 0.1) is 27.2 Å². The first-order valence-corrected chi connectivity index (χ1v) is 4.85. The first-order chi connectivity index (χ1) is 6.52. The molecule has 0 saturated heterocycles. The number of nitrogens with one attached hydrogen (secondary N) is 1. The molecule has 0 spiro atoms. The van der Waals surface area contributed by atoms with Crippen LogP contribution in [0.3, 0.4) is 0 Å². The number of hydrogen-bond acceptors (Lipinski definition) is 2. The van der Waals surface area contributed by atoms with Crippen molar-refractivity contribution in [3.05, 3.63) is 12.7 Å². The zero-order valence-corrected chi connectivity index (χ0v) is 9.12. The van der Waals surface area contributed by atoms with Gasteiger partial charge in [-0.05, 0) is 6.08 Å². The number of likely N-dealkylation sites (N-methyl/N-ethyl adjacent to an activating group) is 1. The molecule has 0 rings (SSSR count). The summed E-state index contributed by atoms with van der Waals surface area (Å²) in [4.78, 5) is 10.8. The molecule has 0 aliphatic rings. The molecule has 0 heterocycles. The minimum Gasteiger partial charge on any atom is -0.391 e. The number of nitrogens with zero attached hydrogens (tertiary/aromatic N) is 1. The Morgan fingerprint density at radius 1 is 1.50 bits per heavy atom. The zero-order valence-electron chi connectivity index (χ0n) is 9.12. The van der Waals surface area contributed by atoms with E-state index < -0.39 is 0 Å². The van der Waals surface area contributed by atoms with Crippen molar-refractivity contribution >= 4 is 5.91 Å². The molecule has 0 bridgehead atoms. The molecule has 0 aromatic carbocycles. The molecule has 0 fully saturated rings. The van der Waals surface area contributed by atoms with Crippen LogP contribution in [0.4, 0.5) is 0 Å². The Labute approximate surface area is 85.8 Å². The number of rotatable bonds is 7. The van der Waals surface area contributed by atoms with Crippen molar-refractivity contribution in [2.45, 2.75) is 6.42 Å². The normalized spacial score (nSPS) is 11.1. The molecule has 4 nitrogen and oxygen atoms in total. The van der Waals surface area contributed by atoms with Gasteiger partial charge < -0.3 is 14.9 Å². The third-order valence-electron chi connectivity index (χ3n) is 2.13. The van der Waals surface area contributed by atoms with Crippen molar-refractivity contribution in [3.8, 4) is 0 Å². The molecule has 1 amide bonds. The molecule has 0 unspecified atom stereocenters. The molecular weight excluding hydrogens is 180 g/mol. The number of quaternary nitrogens is 1. The van der Waals surface area contributed by atoms with Crippen LogP contribution in [0, 0.1) is 0 Å². The SMILES string of the molecule is C=CC(=O)NCCC[N+](C)(C)CCO. The van der Waals surface area contributed by atoms with Crippen LogP contribution < -0.4 is 5.32 Å². The summed E-state index contributed by atoms with van der Waals surface area (Å²) < 4.78 is 0.778. The molecule has 0 aromatic heterocycles. The summed E-state index contributed by atoms with van der Waals surface area (Å²) in [5.74, 6) is -0.127. The van der Waals surface area contributed by atoms with E-state index in [9.17, 15) is 4.79 Å². The maximum atomic E-state index is 10.8. The van der Waals surface area contributed by atoms with Crippen molar-refractivity contribution in [3.63, 3.8) is 0 Å². The minimum atomic E-state index is -0.127. The summed E-state index contributed by atoms with van der Waals surface area (Å²) in [7, 11) is 4.12. The highest BCUT2D eigenvalue weighted by Gasteiger charge is 2.12. The molecule has 4 heteroatoms. The van der Waals surface area contributed by atoms with Crippen LogP contribution in [0.15, 0.2) is 12.7 Å². The molecular formula is C10H21N2O2+. The first kappa shape index (κ1) is 13.1. The molecule has 0 aliphatic carbocycles. The van der Waals surface area contributed by atoms with Gasteiger partial charge in [0.15, 0.2) is 0 Å². The summed E-state index contributed by atoms with van der Waals surface area (Å²) >= 11 is 0. The van der Waals surface area contributed by atoms with E-state index in [4.69, 9.17) is 5.11 Å². The van der Waals surface area contributed by atoms with Gasteiger partial charge in [-0.25, -0.2) is 0 Å². The lowest BCUT2D eigenvalue weighted by Gasteiger charge is -2.28. The monoisotopic (exact) mass is 201 g/mol.